The average molecular weight is 361 g/mol. The van der Waals surface area contributed by atoms with Crippen LogP contribution in [0.15, 0.2) is 53.4 Å². The van der Waals surface area contributed by atoms with E-state index in [2.05, 4.69) is 16.7 Å². The van der Waals surface area contributed by atoms with Gasteiger partial charge in [-0.05, 0) is 43.0 Å². The number of rotatable bonds is 7. The first-order valence-electron chi connectivity index (χ1n) is 8.03. The first kappa shape index (κ1) is 19.0. The van der Waals surface area contributed by atoms with Crippen molar-refractivity contribution in [3.63, 3.8) is 0 Å². The van der Waals surface area contributed by atoms with E-state index in [-0.39, 0.29) is 10.9 Å². The summed E-state index contributed by atoms with van der Waals surface area (Å²) in [5.41, 5.74) is 3.32. The predicted molar refractivity (Wildman–Crippen MR) is 97.8 cm³/mol. The second kappa shape index (κ2) is 8.64. The third-order valence-corrected chi connectivity index (χ3v) is 4.66. The lowest BCUT2D eigenvalue weighted by atomic mass is 10.1. The molecule has 2 aromatic rings. The van der Waals surface area contributed by atoms with Crippen LogP contribution in [-0.2, 0) is 22.9 Å². The summed E-state index contributed by atoms with van der Waals surface area (Å²) in [6.45, 7) is 3.07. The van der Waals surface area contributed by atoms with Gasteiger partial charge in [-0.2, -0.15) is 0 Å². The molecule has 0 spiro atoms. The minimum atomic E-state index is -3.67. The second-order valence-corrected chi connectivity index (χ2v) is 7.42. The molecule has 0 aliphatic heterocycles. The van der Waals surface area contributed by atoms with Crippen LogP contribution in [0.4, 0.5) is 4.79 Å². The van der Waals surface area contributed by atoms with E-state index >= 15 is 0 Å². The maximum Gasteiger partial charge on any atom is 0.314 e. The molecule has 0 bridgehead atoms. The monoisotopic (exact) mass is 361 g/mol. The molecule has 25 heavy (non-hydrogen) atoms. The van der Waals surface area contributed by atoms with E-state index in [9.17, 15) is 13.2 Å². The lowest BCUT2D eigenvalue weighted by molar-refractivity contribution is 0.241. The fourth-order valence-electron chi connectivity index (χ4n) is 2.42. The molecule has 2 amide bonds. The normalized spacial score (nSPS) is 11.1. The molecule has 4 N–H and O–H groups in total. The molecule has 0 aliphatic carbocycles. The standard InChI is InChI=1S/C18H23N3O3S/c1-14-3-2-4-16(13-14)10-12-21-18(22)20-11-9-15-5-7-17(8-6-15)25(19,23)24/h2-8,13H,9-12H2,1H3,(H2,19,23,24)(H2,20,21,22). The van der Waals surface area contributed by atoms with E-state index < -0.39 is 10.0 Å². The molecule has 2 aromatic carbocycles. The number of hydrogen-bond donors (Lipinski definition) is 3. The first-order valence-corrected chi connectivity index (χ1v) is 9.58. The molecule has 134 valence electrons. The number of carbonyl (C=O) groups excluding carboxylic acids is 1. The number of primary sulfonamides is 1. The topological polar surface area (TPSA) is 101 Å². The van der Waals surface area contributed by atoms with Crippen LogP contribution in [0.5, 0.6) is 0 Å². The number of hydrogen-bond acceptors (Lipinski definition) is 3. The van der Waals surface area contributed by atoms with Gasteiger partial charge in [-0.3, -0.25) is 0 Å². The van der Waals surface area contributed by atoms with Gasteiger partial charge in [0.05, 0.1) is 4.90 Å². The molecular formula is C18H23N3O3S. The van der Waals surface area contributed by atoms with E-state index in [0.717, 1.165) is 12.0 Å². The Morgan fingerprint density at radius 3 is 2.12 bits per heavy atom. The van der Waals surface area contributed by atoms with Crippen LogP contribution in [-0.4, -0.2) is 27.5 Å². The average Bonchev–Trinajstić information content (AvgIpc) is 2.54. The quantitative estimate of drug-likeness (QED) is 0.700. The van der Waals surface area contributed by atoms with Gasteiger partial charge in [-0.25, -0.2) is 18.4 Å². The van der Waals surface area contributed by atoms with E-state index in [4.69, 9.17) is 5.14 Å². The zero-order valence-corrected chi connectivity index (χ0v) is 15.0. The summed E-state index contributed by atoms with van der Waals surface area (Å²) in [4.78, 5) is 11.8. The number of carbonyl (C=O) groups is 1. The predicted octanol–water partition coefficient (Wildman–Crippen LogP) is 1.73. The zero-order chi connectivity index (χ0) is 18.3. The molecule has 2 rings (SSSR count). The maximum atomic E-state index is 11.8. The van der Waals surface area contributed by atoms with Crippen molar-refractivity contribution in [3.8, 4) is 0 Å². The first-order chi connectivity index (χ1) is 11.8. The Kier molecular flexibility index (Phi) is 6.55. The number of nitrogens with one attached hydrogen (secondary N) is 2. The van der Waals surface area contributed by atoms with Gasteiger partial charge in [0.25, 0.3) is 0 Å². The van der Waals surface area contributed by atoms with Crippen molar-refractivity contribution in [3.05, 3.63) is 65.2 Å². The molecule has 0 saturated heterocycles. The molecule has 0 saturated carbocycles. The van der Waals surface area contributed by atoms with Gasteiger partial charge >= 0.3 is 6.03 Å². The maximum absolute atomic E-state index is 11.8. The van der Waals surface area contributed by atoms with E-state index in [0.29, 0.717) is 19.5 Å². The van der Waals surface area contributed by atoms with Crippen LogP contribution in [0.3, 0.4) is 0 Å². The third-order valence-electron chi connectivity index (χ3n) is 3.73. The molecular weight excluding hydrogens is 338 g/mol. The number of aryl methyl sites for hydroxylation is 1. The summed E-state index contributed by atoms with van der Waals surface area (Å²) < 4.78 is 22.4. The number of nitrogens with two attached hydrogens (primary N) is 1. The Balaban J connectivity index is 1.68. The molecule has 7 heteroatoms. The van der Waals surface area contributed by atoms with Gasteiger partial charge in [-0.15, -0.1) is 0 Å². The van der Waals surface area contributed by atoms with Crippen molar-refractivity contribution >= 4 is 16.1 Å². The van der Waals surface area contributed by atoms with Gasteiger partial charge in [0.1, 0.15) is 0 Å². The number of urea groups is 1. The van der Waals surface area contributed by atoms with Gasteiger partial charge < -0.3 is 10.6 Å². The number of amides is 2. The van der Waals surface area contributed by atoms with Gasteiger partial charge in [0, 0.05) is 13.1 Å². The van der Waals surface area contributed by atoms with Crippen molar-refractivity contribution in [1.82, 2.24) is 10.6 Å². The Morgan fingerprint density at radius 2 is 1.56 bits per heavy atom. The smallest absolute Gasteiger partial charge is 0.314 e. The summed E-state index contributed by atoms with van der Waals surface area (Å²) in [6, 6.07) is 14.3. The van der Waals surface area contributed by atoms with Crippen LogP contribution in [0.1, 0.15) is 16.7 Å². The van der Waals surface area contributed by atoms with Crippen LogP contribution in [0.2, 0.25) is 0 Å². The number of sulfonamides is 1. The van der Waals surface area contributed by atoms with Crippen molar-refractivity contribution in [2.24, 2.45) is 5.14 Å². The van der Waals surface area contributed by atoms with Crippen molar-refractivity contribution in [2.45, 2.75) is 24.7 Å². The fourth-order valence-corrected chi connectivity index (χ4v) is 2.93. The highest BCUT2D eigenvalue weighted by Crippen LogP contribution is 2.09. The summed E-state index contributed by atoms with van der Waals surface area (Å²) in [5.74, 6) is 0. The molecule has 0 unspecified atom stereocenters. The highest BCUT2D eigenvalue weighted by molar-refractivity contribution is 7.89. The summed E-state index contributed by atoms with van der Waals surface area (Å²) >= 11 is 0. The molecule has 0 heterocycles. The van der Waals surface area contributed by atoms with Gasteiger partial charge in [0.2, 0.25) is 10.0 Å². The summed E-state index contributed by atoms with van der Waals surface area (Å²) in [7, 11) is -3.67. The summed E-state index contributed by atoms with van der Waals surface area (Å²) in [6.07, 6.45) is 1.39. The molecule has 0 atom stereocenters. The Hall–Kier alpha value is -2.38. The van der Waals surface area contributed by atoms with E-state index in [1.165, 1.54) is 23.3 Å². The zero-order valence-electron chi connectivity index (χ0n) is 14.2. The molecule has 0 fully saturated rings. The third kappa shape index (κ3) is 6.56. The van der Waals surface area contributed by atoms with Crippen molar-refractivity contribution in [2.75, 3.05) is 13.1 Å². The van der Waals surface area contributed by atoms with Crippen LogP contribution >= 0.6 is 0 Å². The van der Waals surface area contributed by atoms with Crippen LogP contribution in [0.25, 0.3) is 0 Å². The molecule has 6 nitrogen and oxygen atoms in total. The fraction of sp³-hybridized carbons (Fsp3) is 0.278. The van der Waals surface area contributed by atoms with E-state index in [1.54, 1.807) is 12.1 Å². The highest BCUT2D eigenvalue weighted by atomic mass is 32.2. The Labute approximate surface area is 148 Å². The second-order valence-electron chi connectivity index (χ2n) is 5.86. The minimum absolute atomic E-state index is 0.0816. The Bertz CT molecular complexity index is 818. The van der Waals surface area contributed by atoms with Gasteiger partial charge in [0.15, 0.2) is 0 Å². The SMILES string of the molecule is Cc1cccc(CCNC(=O)NCCc2ccc(S(N)(=O)=O)cc2)c1. The van der Waals surface area contributed by atoms with Crippen LogP contribution < -0.4 is 15.8 Å². The number of benzene rings is 2. The van der Waals surface area contributed by atoms with Crippen LogP contribution in [0, 0.1) is 6.92 Å². The molecule has 0 aliphatic rings. The molecule has 0 aromatic heterocycles. The lowest BCUT2D eigenvalue weighted by Gasteiger charge is -2.08. The minimum Gasteiger partial charge on any atom is -0.338 e. The summed E-state index contributed by atoms with van der Waals surface area (Å²) in [5, 5.41) is 10.7. The van der Waals surface area contributed by atoms with E-state index in [1.807, 2.05) is 25.1 Å². The largest absolute Gasteiger partial charge is 0.338 e. The van der Waals surface area contributed by atoms with Gasteiger partial charge in [-0.1, -0.05) is 42.0 Å². The van der Waals surface area contributed by atoms with Crippen molar-refractivity contribution in [1.29, 1.82) is 0 Å². The molecule has 0 radical (unpaired) electrons. The Morgan fingerprint density at radius 1 is 0.960 bits per heavy atom. The van der Waals surface area contributed by atoms with Crippen molar-refractivity contribution < 1.29 is 13.2 Å². The lowest BCUT2D eigenvalue weighted by Crippen LogP contribution is -2.37. The highest BCUT2D eigenvalue weighted by Gasteiger charge is 2.06.